The maximum atomic E-state index is 13.4. The van der Waals surface area contributed by atoms with Crippen LogP contribution in [-0.2, 0) is 26.1 Å². The molecule has 0 bridgehead atoms. The molecule has 0 aliphatic rings. The van der Waals surface area contributed by atoms with E-state index >= 15 is 0 Å². The quantitative estimate of drug-likeness (QED) is 0.250. The number of hydrogen-bond acceptors (Lipinski definition) is 6. The molecule has 1 aromatic heterocycles. The fourth-order valence-corrected chi connectivity index (χ4v) is 4.91. The van der Waals surface area contributed by atoms with Crippen molar-refractivity contribution in [2.75, 3.05) is 20.8 Å². The van der Waals surface area contributed by atoms with Crippen molar-refractivity contribution in [2.45, 2.75) is 33.0 Å². The summed E-state index contributed by atoms with van der Waals surface area (Å²) in [4.78, 5) is 19.6. The molecule has 0 unspecified atom stereocenters. The van der Waals surface area contributed by atoms with Crippen LogP contribution < -0.4 is 14.8 Å². The molecule has 0 spiro atoms. The second-order valence-electron chi connectivity index (χ2n) is 9.08. The Kier molecular flexibility index (Phi) is 9.46. The number of nitrogens with zero attached hydrogens (tertiary/aromatic N) is 2. The number of aromatic nitrogens is 1. The molecule has 0 aliphatic carbocycles. The zero-order valence-electron chi connectivity index (χ0n) is 21.9. The van der Waals surface area contributed by atoms with Crippen molar-refractivity contribution in [3.8, 4) is 11.5 Å². The third kappa shape index (κ3) is 7.63. The lowest BCUT2D eigenvalue weighted by Crippen LogP contribution is -2.26. The van der Waals surface area contributed by atoms with Crippen molar-refractivity contribution < 1.29 is 18.7 Å². The van der Waals surface area contributed by atoms with Crippen LogP contribution >= 0.6 is 11.3 Å². The first kappa shape index (κ1) is 27.3. The lowest BCUT2D eigenvalue weighted by Gasteiger charge is -2.21. The van der Waals surface area contributed by atoms with E-state index in [0.717, 1.165) is 16.1 Å². The van der Waals surface area contributed by atoms with Gasteiger partial charge in [0.2, 0.25) is 0 Å². The average molecular weight is 534 g/mol. The van der Waals surface area contributed by atoms with E-state index in [1.165, 1.54) is 34.6 Å². The smallest absolute Gasteiger partial charge is 0.270 e. The summed E-state index contributed by atoms with van der Waals surface area (Å²) in [5, 5.41) is 5.60. The van der Waals surface area contributed by atoms with Crippen LogP contribution in [0, 0.1) is 12.7 Å². The monoisotopic (exact) mass is 533 g/mol. The number of carbonyl (C=O) groups is 1. The topological polar surface area (TPSA) is 63.7 Å². The van der Waals surface area contributed by atoms with Crippen molar-refractivity contribution in [3.05, 3.63) is 111 Å². The van der Waals surface area contributed by atoms with E-state index in [-0.39, 0.29) is 11.7 Å². The summed E-state index contributed by atoms with van der Waals surface area (Å²) >= 11 is 1.47. The molecule has 0 aliphatic heterocycles. The van der Waals surface area contributed by atoms with Gasteiger partial charge in [-0.1, -0.05) is 48.0 Å². The number of ether oxygens (including phenoxy) is 2. The summed E-state index contributed by atoms with van der Waals surface area (Å²) in [5.41, 5.74) is 4.86. The van der Waals surface area contributed by atoms with Gasteiger partial charge in [0.15, 0.2) is 11.5 Å². The van der Waals surface area contributed by atoms with E-state index in [4.69, 9.17) is 9.47 Å². The highest BCUT2D eigenvalue weighted by Crippen LogP contribution is 2.27. The maximum Gasteiger partial charge on any atom is 0.270 e. The molecular formula is C30H32FN3O3S. The lowest BCUT2D eigenvalue weighted by atomic mass is 10.1. The van der Waals surface area contributed by atoms with Gasteiger partial charge >= 0.3 is 0 Å². The van der Waals surface area contributed by atoms with Gasteiger partial charge in [0.25, 0.3) is 5.91 Å². The number of rotatable bonds is 12. The number of hydrogen-bond donors (Lipinski definition) is 1. The molecule has 4 aromatic rings. The predicted molar refractivity (Wildman–Crippen MR) is 148 cm³/mol. The summed E-state index contributed by atoms with van der Waals surface area (Å²) in [7, 11) is 3.20. The molecule has 0 fully saturated rings. The van der Waals surface area contributed by atoms with Crippen molar-refractivity contribution in [3.63, 3.8) is 0 Å². The molecule has 3 aromatic carbocycles. The fraction of sp³-hybridized carbons (Fsp3) is 0.267. The number of thiazole rings is 1. The van der Waals surface area contributed by atoms with E-state index in [2.05, 4.69) is 46.4 Å². The van der Waals surface area contributed by atoms with Crippen LogP contribution in [0.4, 0.5) is 4.39 Å². The van der Waals surface area contributed by atoms with Gasteiger partial charge in [-0.15, -0.1) is 11.3 Å². The third-order valence-electron chi connectivity index (χ3n) is 6.14. The molecule has 0 saturated carbocycles. The Morgan fingerprint density at radius 1 is 0.895 bits per heavy atom. The van der Waals surface area contributed by atoms with Crippen molar-refractivity contribution >= 4 is 17.2 Å². The van der Waals surface area contributed by atoms with Gasteiger partial charge in [-0.3, -0.25) is 9.69 Å². The number of nitrogens with one attached hydrogen (secondary N) is 1. The Hall–Kier alpha value is -3.75. The average Bonchev–Trinajstić information content (AvgIpc) is 3.39. The van der Waals surface area contributed by atoms with Crippen LogP contribution in [0.15, 0.2) is 72.1 Å². The van der Waals surface area contributed by atoms with E-state index in [1.807, 2.05) is 18.2 Å². The Labute approximate surface area is 227 Å². The van der Waals surface area contributed by atoms with Gasteiger partial charge in [0.1, 0.15) is 16.5 Å². The first-order valence-electron chi connectivity index (χ1n) is 12.4. The SMILES string of the molecule is COc1ccc(CCNC(=O)c2csc(CN(Cc3ccc(C)cc3)Cc3ccc(F)cc3)n2)cc1OC. The molecule has 0 radical (unpaired) electrons. The van der Waals surface area contributed by atoms with Crippen LogP contribution in [0.2, 0.25) is 0 Å². The number of benzene rings is 3. The Morgan fingerprint density at radius 3 is 2.18 bits per heavy atom. The van der Waals surface area contributed by atoms with Gasteiger partial charge in [0.05, 0.1) is 20.8 Å². The molecule has 1 amide bonds. The maximum absolute atomic E-state index is 13.4. The summed E-state index contributed by atoms with van der Waals surface area (Å²) < 4.78 is 24.0. The van der Waals surface area contributed by atoms with E-state index < -0.39 is 0 Å². The van der Waals surface area contributed by atoms with Crippen LogP contribution in [-0.4, -0.2) is 36.6 Å². The van der Waals surface area contributed by atoms with Crippen LogP contribution in [0.5, 0.6) is 11.5 Å². The Balaban J connectivity index is 1.37. The summed E-state index contributed by atoms with van der Waals surface area (Å²) in [5.74, 6) is 0.888. The standard InChI is InChI=1S/C30H32FN3O3S/c1-21-4-6-23(7-5-21)17-34(18-24-8-11-25(31)12-9-24)19-29-33-26(20-38-29)30(35)32-15-14-22-10-13-27(36-2)28(16-22)37-3/h4-13,16,20H,14-15,17-19H2,1-3H3,(H,32,35). The van der Waals surface area contributed by atoms with Crippen molar-refractivity contribution in [1.82, 2.24) is 15.2 Å². The van der Waals surface area contributed by atoms with E-state index in [0.29, 0.717) is 49.8 Å². The minimum absolute atomic E-state index is 0.198. The lowest BCUT2D eigenvalue weighted by molar-refractivity contribution is 0.0949. The highest BCUT2D eigenvalue weighted by Gasteiger charge is 2.15. The van der Waals surface area contributed by atoms with Crippen LogP contribution in [0.1, 0.15) is 37.7 Å². The molecule has 4 rings (SSSR count). The Morgan fingerprint density at radius 2 is 1.53 bits per heavy atom. The molecule has 0 saturated heterocycles. The highest BCUT2D eigenvalue weighted by molar-refractivity contribution is 7.09. The van der Waals surface area contributed by atoms with Crippen LogP contribution in [0.25, 0.3) is 0 Å². The summed E-state index contributed by atoms with van der Waals surface area (Å²) in [6.45, 7) is 4.47. The molecular weight excluding hydrogens is 501 g/mol. The third-order valence-corrected chi connectivity index (χ3v) is 6.97. The number of methoxy groups -OCH3 is 2. The van der Waals surface area contributed by atoms with Gasteiger partial charge in [-0.2, -0.15) is 0 Å². The molecule has 1 heterocycles. The molecule has 198 valence electrons. The molecule has 8 heteroatoms. The zero-order chi connectivity index (χ0) is 26.9. The first-order valence-corrected chi connectivity index (χ1v) is 13.3. The number of halogens is 1. The van der Waals surface area contributed by atoms with E-state index in [1.54, 1.807) is 31.7 Å². The number of aryl methyl sites for hydroxylation is 1. The van der Waals surface area contributed by atoms with E-state index in [9.17, 15) is 9.18 Å². The molecule has 6 nitrogen and oxygen atoms in total. The highest BCUT2D eigenvalue weighted by atomic mass is 32.1. The van der Waals surface area contributed by atoms with Gasteiger partial charge in [-0.25, -0.2) is 9.37 Å². The first-order chi connectivity index (χ1) is 18.4. The second kappa shape index (κ2) is 13.2. The normalized spacial score (nSPS) is 11.0. The van der Waals surface area contributed by atoms with Crippen LogP contribution in [0.3, 0.4) is 0 Å². The van der Waals surface area contributed by atoms with Gasteiger partial charge in [-0.05, 0) is 54.3 Å². The predicted octanol–water partition coefficient (Wildman–Crippen LogP) is 5.78. The van der Waals surface area contributed by atoms with Gasteiger partial charge in [0, 0.05) is 25.0 Å². The fourth-order valence-electron chi connectivity index (χ4n) is 4.09. The summed E-state index contributed by atoms with van der Waals surface area (Å²) in [6.07, 6.45) is 0.658. The largest absolute Gasteiger partial charge is 0.493 e. The molecule has 1 N–H and O–H groups in total. The minimum Gasteiger partial charge on any atom is -0.493 e. The second-order valence-corrected chi connectivity index (χ2v) is 10.0. The number of carbonyl (C=O) groups excluding carboxylic acids is 1. The minimum atomic E-state index is -0.249. The van der Waals surface area contributed by atoms with Crippen molar-refractivity contribution in [2.24, 2.45) is 0 Å². The number of amides is 1. The molecule has 38 heavy (non-hydrogen) atoms. The van der Waals surface area contributed by atoms with Crippen molar-refractivity contribution in [1.29, 1.82) is 0 Å². The zero-order valence-corrected chi connectivity index (χ0v) is 22.7. The van der Waals surface area contributed by atoms with Gasteiger partial charge < -0.3 is 14.8 Å². The molecule has 0 atom stereocenters. The Bertz CT molecular complexity index is 1290. The summed E-state index contributed by atoms with van der Waals surface area (Å²) in [6, 6.07) is 20.7.